The fourth-order valence-corrected chi connectivity index (χ4v) is 1.42. The van der Waals surface area contributed by atoms with Gasteiger partial charge in [-0.15, -0.1) is 0 Å². The summed E-state index contributed by atoms with van der Waals surface area (Å²) in [6.07, 6.45) is 4.92. The van der Waals surface area contributed by atoms with Crippen LogP contribution in [-0.2, 0) is 0 Å². The molecule has 5 heteroatoms. The van der Waals surface area contributed by atoms with Crippen molar-refractivity contribution >= 4 is 27.4 Å². The topological polar surface area (TPSA) is 56.2 Å². The Hall–Kier alpha value is -1.10. The molecule has 0 saturated heterocycles. The van der Waals surface area contributed by atoms with Crippen LogP contribution < -0.4 is 5.73 Å². The van der Waals surface area contributed by atoms with E-state index in [9.17, 15) is 0 Å². The Bertz CT molecular complexity index is 394. The third-order valence-corrected chi connectivity index (χ3v) is 1.96. The van der Waals surface area contributed by atoms with E-state index in [2.05, 4.69) is 25.9 Å². The number of fused-ring (bicyclic) bond motifs is 1. The summed E-state index contributed by atoms with van der Waals surface area (Å²) in [5.41, 5.74) is 6.38. The number of hydrogen-bond donors (Lipinski definition) is 1. The van der Waals surface area contributed by atoms with E-state index in [1.54, 1.807) is 23.0 Å². The highest BCUT2D eigenvalue weighted by Gasteiger charge is 2.01. The molecule has 56 valence electrons. The Morgan fingerprint density at radius 2 is 2.18 bits per heavy atom. The van der Waals surface area contributed by atoms with E-state index in [-0.39, 0.29) is 0 Å². The Labute approximate surface area is 71.2 Å². The number of nitrogen functional groups attached to an aromatic ring is 1. The van der Waals surface area contributed by atoms with Crippen LogP contribution in [0.1, 0.15) is 0 Å². The lowest BCUT2D eigenvalue weighted by Crippen LogP contribution is -1.97. The number of anilines is 1. The largest absolute Gasteiger partial charge is 0.383 e. The molecular formula is C6H5BrN4. The third-order valence-electron chi connectivity index (χ3n) is 1.40. The van der Waals surface area contributed by atoms with Crippen LogP contribution in [-0.4, -0.2) is 14.4 Å². The fourth-order valence-electron chi connectivity index (χ4n) is 0.929. The smallest absolute Gasteiger partial charge is 0.157 e. The Morgan fingerprint density at radius 1 is 1.36 bits per heavy atom. The average Bonchev–Trinajstić information content (AvgIpc) is 2.34. The van der Waals surface area contributed by atoms with Gasteiger partial charge in [0.05, 0.1) is 18.6 Å². The van der Waals surface area contributed by atoms with Gasteiger partial charge in [0.25, 0.3) is 0 Å². The van der Waals surface area contributed by atoms with Crippen LogP contribution in [0.15, 0.2) is 23.2 Å². The normalized spacial score (nSPS) is 10.6. The number of hydrogen-bond acceptors (Lipinski definition) is 3. The van der Waals surface area contributed by atoms with Crippen LogP contribution in [0.5, 0.6) is 0 Å². The Morgan fingerprint density at radius 3 is 2.91 bits per heavy atom. The highest BCUT2D eigenvalue weighted by Crippen LogP contribution is 2.15. The lowest BCUT2D eigenvalue weighted by molar-refractivity contribution is 1.12. The summed E-state index contributed by atoms with van der Waals surface area (Å²) in [5.74, 6) is 0.576. The number of nitrogens with two attached hydrogens (primary N) is 1. The minimum atomic E-state index is 0.576. The van der Waals surface area contributed by atoms with Gasteiger partial charge in [-0.1, -0.05) is 0 Å². The molecule has 0 spiro atoms. The highest BCUT2D eigenvalue weighted by molar-refractivity contribution is 9.10. The zero-order valence-corrected chi connectivity index (χ0v) is 7.12. The number of aromatic nitrogens is 3. The van der Waals surface area contributed by atoms with Crippen molar-refractivity contribution in [2.24, 2.45) is 0 Å². The van der Waals surface area contributed by atoms with Gasteiger partial charge in [-0.25, -0.2) is 4.98 Å². The quantitative estimate of drug-likeness (QED) is 0.712. The van der Waals surface area contributed by atoms with Crippen molar-refractivity contribution in [2.45, 2.75) is 0 Å². The van der Waals surface area contributed by atoms with Crippen LogP contribution in [0.4, 0.5) is 5.82 Å². The third kappa shape index (κ3) is 0.883. The predicted octanol–water partition coefficient (Wildman–Crippen LogP) is 1.07. The Kier molecular flexibility index (Phi) is 1.32. The molecule has 11 heavy (non-hydrogen) atoms. The van der Waals surface area contributed by atoms with Crippen LogP contribution >= 0.6 is 15.9 Å². The molecule has 0 aromatic carbocycles. The highest BCUT2D eigenvalue weighted by atomic mass is 79.9. The van der Waals surface area contributed by atoms with Crippen molar-refractivity contribution in [3.63, 3.8) is 0 Å². The molecule has 0 amide bonds. The average molecular weight is 213 g/mol. The SMILES string of the molecule is Nc1cncc2ncc(Br)n12. The van der Waals surface area contributed by atoms with E-state index in [0.29, 0.717) is 5.82 Å². The maximum atomic E-state index is 5.63. The first-order valence-electron chi connectivity index (χ1n) is 3.01. The molecule has 0 radical (unpaired) electrons. The molecule has 0 saturated carbocycles. The zero-order valence-electron chi connectivity index (χ0n) is 5.53. The van der Waals surface area contributed by atoms with Gasteiger partial charge in [0.15, 0.2) is 5.65 Å². The molecule has 0 unspecified atom stereocenters. The van der Waals surface area contributed by atoms with Crippen molar-refractivity contribution in [3.8, 4) is 0 Å². The van der Waals surface area contributed by atoms with Crippen LogP contribution in [0.3, 0.4) is 0 Å². The molecule has 0 aliphatic rings. The van der Waals surface area contributed by atoms with Gasteiger partial charge in [0.2, 0.25) is 0 Å². The molecule has 4 nitrogen and oxygen atoms in total. The van der Waals surface area contributed by atoms with Crippen molar-refractivity contribution in [1.82, 2.24) is 14.4 Å². The lowest BCUT2D eigenvalue weighted by Gasteiger charge is -1.97. The molecule has 2 heterocycles. The molecule has 0 aliphatic carbocycles. The van der Waals surface area contributed by atoms with Gasteiger partial charge in [-0.2, -0.15) is 0 Å². The first kappa shape index (κ1) is 6.60. The maximum absolute atomic E-state index is 5.63. The second-order valence-corrected chi connectivity index (χ2v) is 2.92. The van der Waals surface area contributed by atoms with E-state index in [1.807, 2.05) is 0 Å². The molecule has 2 N–H and O–H groups in total. The number of halogens is 1. The zero-order chi connectivity index (χ0) is 7.84. The lowest BCUT2D eigenvalue weighted by atomic mass is 10.6. The second kappa shape index (κ2) is 2.20. The molecule has 0 bridgehead atoms. The summed E-state index contributed by atoms with van der Waals surface area (Å²) in [5, 5.41) is 0. The fraction of sp³-hybridized carbons (Fsp3) is 0. The monoisotopic (exact) mass is 212 g/mol. The van der Waals surface area contributed by atoms with Crippen LogP contribution in [0.25, 0.3) is 5.65 Å². The molecular weight excluding hydrogens is 208 g/mol. The van der Waals surface area contributed by atoms with Gasteiger partial charge in [0, 0.05) is 0 Å². The van der Waals surface area contributed by atoms with Gasteiger partial charge in [-0.05, 0) is 15.9 Å². The van der Waals surface area contributed by atoms with Gasteiger partial charge < -0.3 is 5.73 Å². The van der Waals surface area contributed by atoms with Crippen LogP contribution in [0.2, 0.25) is 0 Å². The van der Waals surface area contributed by atoms with E-state index in [0.717, 1.165) is 10.3 Å². The summed E-state index contributed by atoms with van der Waals surface area (Å²) in [7, 11) is 0. The molecule has 2 rings (SSSR count). The minimum absolute atomic E-state index is 0.576. The summed E-state index contributed by atoms with van der Waals surface area (Å²) in [6.45, 7) is 0. The first-order chi connectivity index (χ1) is 5.29. The van der Waals surface area contributed by atoms with Gasteiger partial charge >= 0.3 is 0 Å². The Balaban J connectivity index is 2.96. The number of nitrogens with zero attached hydrogens (tertiary/aromatic N) is 3. The van der Waals surface area contributed by atoms with E-state index < -0.39 is 0 Å². The maximum Gasteiger partial charge on any atom is 0.157 e. The molecule has 0 atom stereocenters. The van der Waals surface area contributed by atoms with Crippen molar-refractivity contribution < 1.29 is 0 Å². The van der Waals surface area contributed by atoms with Gasteiger partial charge in [0.1, 0.15) is 10.4 Å². The standard InChI is InChI=1S/C6H5BrN4/c7-4-1-10-6-3-9-2-5(8)11(4)6/h1-3H,8H2. The second-order valence-electron chi connectivity index (χ2n) is 2.11. The summed E-state index contributed by atoms with van der Waals surface area (Å²) >= 11 is 3.31. The first-order valence-corrected chi connectivity index (χ1v) is 3.81. The van der Waals surface area contributed by atoms with Crippen molar-refractivity contribution in [1.29, 1.82) is 0 Å². The van der Waals surface area contributed by atoms with Gasteiger partial charge in [-0.3, -0.25) is 9.38 Å². The van der Waals surface area contributed by atoms with Crippen molar-refractivity contribution in [2.75, 3.05) is 5.73 Å². The molecule has 0 aliphatic heterocycles. The van der Waals surface area contributed by atoms with E-state index in [4.69, 9.17) is 5.73 Å². The number of rotatable bonds is 0. The van der Waals surface area contributed by atoms with E-state index in [1.165, 1.54) is 0 Å². The summed E-state index contributed by atoms with van der Waals surface area (Å²) in [6, 6.07) is 0. The van der Waals surface area contributed by atoms with Crippen molar-refractivity contribution in [3.05, 3.63) is 23.2 Å². The predicted molar refractivity (Wildman–Crippen MR) is 45.1 cm³/mol. The summed E-state index contributed by atoms with van der Waals surface area (Å²) in [4.78, 5) is 7.95. The summed E-state index contributed by atoms with van der Waals surface area (Å²) < 4.78 is 2.61. The minimum Gasteiger partial charge on any atom is -0.383 e. The molecule has 2 aromatic rings. The molecule has 0 fully saturated rings. The van der Waals surface area contributed by atoms with E-state index >= 15 is 0 Å². The van der Waals surface area contributed by atoms with Crippen LogP contribution in [0, 0.1) is 0 Å². The molecule has 2 aromatic heterocycles. The number of imidazole rings is 1.